The van der Waals surface area contributed by atoms with Gasteiger partial charge in [-0.3, -0.25) is 14.7 Å². The number of carboxylic acid groups (broad SMARTS) is 1. The predicted octanol–water partition coefficient (Wildman–Crippen LogP) is 3.78. The van der Waals surface area contributed by atoms with Crippen molar-refractivity contribution in [2.24, 2.45) is 10.9 Å². The number of ether oxygens (including phenoxy) is 2. The first kappa shape index (κ1) is 26.6. The highest BCUT2D eigenvalue weighted by Gasteiger charge is 2.35. The van der Waals surface area contributed by atoms with Crippen molar-refractivity contribution in [1.29, 1.82) is 0 Å². The second-order valence-electron chi connectivity index (χ2n) is 8.60. The van der Waals surface area contributed by atoms with Crippen LogP contribution in [-0.2, 0) is 19.1 Å². The van der Waals surface area contributed by atoms with E-state index < -0.39 is 23.9 Å². The van der Waals surface area contributed by atoms with Gasteiger partial charge in [-0.05, 0) is 18.6 Å². The van der Waals surface area contributed by atoms with Crippen molar-refractivity contribution in [3.05, 3.63) is 61.7 Å². The summed E-state index contributed by atoms with van der Waals surface area (Å²) in [5.41, 5.74) is 1.57. The van der Waals surface area contributed by atoms with Gasteiger partial charge in [-0.15, -0.1) is 11.3 Å². The van der Waals surface area contributed by atoms with E-state index in [0.717, 1.165) is 0 Å². The first-order valence-electron chi connectivity index (χ1n) is 11.3. The number of carbonyl (C=O) groups is 2. The van der Waals surface area contributed by atoms with Crippen LogP contribution in [0.5, 0.6) is 0 Å². The van der Waals surface area contributed by atoms with Crippen LogP contribution in [0.2, 0.25) is 10.0 Å². The van der Waals surface area contributed by atoms with Gasteiger partial charge in [0.15, 0.2) is 10.8 Å². The van der Waals surface area contributed by atoms with E-state index in [1.54, 1.807) is 31.3 Å². The summed E-state index contributed by atoms with van der Waals surface area (Å²) in [6, 6.07) is 4.33. The second kappa shape index (κ2) is 11.7. The maximum atomic E-state index is 13.1. The molecule has 4 rings (SSSR count). The van der Waals surface area contributed by atoms with Gasteiger partial charge in [-0.1, -0.05) is 36.2 Å². The number of thiazole rings is 1. The van der Waals surface area contributed by atoms with Gasteiger partial charge in [0.25, 0.3) is 0 Å². The quantitative estimate of drug-likeness (QED) is 0.475. The Morgan fingerprint density at radius 2 is 2.19 bits per heavy atom. The maximum absolute atomic E-state index is 13.1. The summed E-state index contributed by atoms with van der Waals surface area (Å²) in [5, 5.41) is 16.0. The van der Waals surface area contributed by atoms with Crippen molar-refractivity contribution in [3.63, 3.8) is 0 Å². The third-order valence-electron chi connectivity index (χ3n) is 6.07. The fourth-order valence-electron chi connectivity index (χ4n) is 4.25. The van der Waals surface area contributed by atoms with Crippen molar-refractivity contribution < 1.29 is 24.2 Å². The smallest absolute Gasteiger partial charge is 0.338 e. The van der Waals surface area contributed by atoms with Crippen LogP contribution in [0.3, 0.4) is 0 Å². The molecule has 2 N–H and O–H groups in total. The lowest BCUT2D eigenvalue weighted by molar-refractivity contribution is -0.143. The molecule has 0 spiro atoms. The van der Waals surface area contributed by atoms with Crippen molar-refractivity contribution in [1.82, 2.24) is 15.2 Å². The summed E-state index contributed by atoms with van der Waals surface area (Å²) in [4.78, 5) is 35.7. The molecule has 1 aromatic heterocycles. The van der Waals surface area contributed by atoms with E-state index in [-0.39, 0.29) is 6.10 Å². The number of aliphatic carboxylic acids is 1. The van der Waals surface area contributed by atoms with Gasteiger partial charge in [-0.2, -0.15) is 0 Å². The first-order valence-corrected chi connectivity index (χ1v) is 13.0. The van der Waals surface area contributed by atoms with E-state index in [1.807, 2.05) is 5.38 Å². The van der Waals surface area contributed by atoms with E-state index in [1.165, 1.54) is 18.4 Å². The third kappa shape index (κ3) is 6.07. The van der Waals surface area contributed by atoms with Gasteiger partial charge in [0, 0.05) is 52.5 Å². The Morgan fingerprint density at radius 3 is 2.86 bits per heavy atom. The van der Waals surface area contributed by atoms with Crippen LogP contribution in [0, 0.1) is 5.92 Å². The maximum Gasteiger partial charge on any atom is 0.338 e. The fourth-order valence-corrected chi connectivity index (χ4v) is 5.35. The Balaban J connectivity index is 1.70. The summed E-state index contributed by atoms with van der Waals surface area (Å²) in [6.07, 6.45) is 1.85. The molecule has 36 heavy (non-hydrogen) atoms. The van der Waals surface area contributed by atoms with Crippen LogP contribution in [0.1, 0.15) is 30.0 Å². The van der Waals surface area contributed by atoms with Crippen LogP contribution in [0.25, 0.3) is 0 Å². The molecule has 3 heterocycles. The molecule has 9 nitrogen and oxygen atoms in total. The summed E-state index contributed by atoms with van der Waals surface area (Å²) in [5.74, 6) is -1.38. The molecule has 2 aliphatic heterocycles. The number of rotatable bonds is 8. The molecule has 1 unspecified atom stereocenters. The van der Waals surface area contributed by atoms with Gasteiger partial charge in [0.05, 0.1) is 31.3 Å². The van der Waals surface area contributed by atoms with E-state index in [2.05, 4.69) is 15.2 Å². The summed E-state index contributed by atoms with van der Waals surface area (Å²) >= 11 is 14.1. The van der Waals surface area contributed by atoms with E-state index in [4.69, 9.17) is 37.7 Å². The van der Waals surface area contributed by atoms with Crippen molar-refractivity contribution in [2.45, 2.75) is 25.5 Å². The summed E-state index contributed by atoms with van der Waals surface area (Å²) < 4.78 is 11.0. The molecule has 2 aromatic rings. The average molecular weight is 553 g/mol. The van der Waals surface area contributed by atoms with Crippen molar-refractivity contribution >= 4 is 52.3 Å². The first-order chi connectivity index (χ1) is 17.3. The van der Waals surface area contributed by atoms with Crippen LogP contribution < -0.4 is 5.32 Å². The number of nitrogens with one attached hydrogen (secondary N) is 1. The standard InChI is InChI=1S/C24H26Cl2N4O5S/c1-13(23(31)32)9-15-11-30(6-7-35-15)12-18-19(24(33)34-2)20(16-4-3-14(25)10-17(16)26)29-21(28-18)22-27-5-8-36-22/h3-5,8,10,13,15,20H,6-7,9,11-12H2,1-2H3,(H,28,29)(H,31,32)/t13?,15-,20+/m1/s1. The topological polar surface area (TPSA) is 113 Å². The number of carbonyl (C=O) groups excluding carboxylic acids is 1. The number of benzene rings is 1. The summed E-state index contributed by atoms with van der Waals surface area (Å²) in [6.45, 7) is 3.64. The van der Waals surface area contributed by atoms with Gasteiger partial charge < -0.3 is 19.9 Å². The van der Waals surface area contributed by atoms with Crippen LogP contribution in [0.15, 0.2) is 46.0 Å². The molecule has 0 radical (unpaired) electrons. The number of esters is 1. The molecule has 0 aliphatic carbocycles. The Bertz CT molecular complexity index is 1190. The zero-order chi connectivity index (χ0) is 25.8. The van der Waals surface area contributed by atoms with Crippen LogP contribution >= 0.6 is 34.5 Å². The zero-order valence-electron chi connectivity index (χ0n) is 19.7. The molecule has 1 fully saturated rings. The molecule has 1 aromatic carbocycles. The highest BCUT2D eigenvalue weighted by Crippen LogP contribution is 2.37. The Kier molecular flexibility index (Phi) is 8.63. The Morgan fingerprint density at radius 1 is 1.39 bits per heavy atom. The Labute approximate surface area is 222 Å². The minimum atomic E-state index is -0.854. The number of methoxy groups -OCH3 is 1. The predicted molar refractivity (Wildman–Crippen MR) is 138 cm³/mol. The average Bonchev–Trinajstić information content (AvgIpc) is 3.38. The van der Waals surface area contributed by atoms with Gasteiger partial charge in [0.1, 0.15) is 6.04 Å². The lowest BCUT2D eigenvalue weighted by atomic mass is 9.95. The van der Waals surface area contributed by atoms with Crippen molar-refractivity contribution in [3.8, 4) is 0 Å². The monoisotopic (exact) mass is 552 g/mol. The molecule has 192 valence electrons. The van der Waals surface area contributed by atoms with Gasteiger partial charge >= 0.3 is 11.9 Å². The van der Waals surface area contributed by atoms with Gasteiger partial charge in [-0.25, -0.2) is 9.78 Å². The number of carboxylic acids is 1. The molecule has 2 aliphatic rings. The lowest BCUT2D eigenvalue weighted by Gasteiger charge is -2.36. The molecule has 0 saturated carbocycles. The minimum absolute atomic E-state index is 0.232. The number of morpholine rings is 1. The van der Waals surface area contributed by atoms with Crippen LogP contribution in [0.4, 0.5) is 0 Å². The number of aromatic nitrogens is 1. The Hall–Kier alpha value is -2.50. The van der Waals surface area contributed by atoms with Crippen molar-refractivity contribution in [2.75, 3.05) is 33.4 Å². The zero-order valence-corrected chi connectivity index (χ0v) is 22.1. The molecule has 1 saturated heterocycles. The highest BCUT2D eigenvalue weighted by molar-refractivity contribution is 7.11. The molecule has 3 atom stereocenters. The molecule has 0 bridgehead atoms. The fraction of sp³-hybridized carbons (Fsp3) is 0.417. The third-order valence-corrected chi connectivity index (χ3v) is 7.41. The number of halogens is 2. The molecular formula is C24H26Cl2N4O5S. The largest absolute Gasteiger partial charge is 0.481 e. The highest BCUT2D eigenvalue weighted by atomic mass is 35.5. The summed E-state index contributed by atoms with van der Waals surface area (Å²) in [7, 11) is 1.32. The SMILES string of the molecule is COC(=O)C1=C(CN2CCO[C@H](CC(C)C(=O)O)C2)NC(c2nccs2)=N[C@H]1c1ccc(Cl)cc1Cl. The van der Waals surface area contributed by atoms with E-state index in [0.29, 0.717) is 70.4 Å². The molecule has 0 amide bonds. The number of aliphatic imine (C=N–C) groups is 1. The molecule has 12 heteroatoms. The van der Waals surface area contributed by atoms with Gasteiger partial charge in [0.2, 0.25) is 0 Å². The second-order valence-corrected chi connectivity index (χ2v) is 10.3. The number of hydrogen-bond acceptors (Lipinski definition) is 9. The minimum Gasteiger partial charge on any atom is -0.481 e. The number of hydrogen-bond donors (Lipinski definition) is 2. The molecular weight excluding hydrogens is 527 g/mol. The number of nitrogens with zero attached hydrogens (tertiary/aromatic N) is 3. The van der Waals surface area contributed by atoms with E-state index in [9.17, 15) is 14.7 Å². The lowest BCUT2D eigenvalue weighted by Crippen LogP contribution is -2.47. The number of amidine groups is 1. The van der Waals surface area contributed by atoms with E-state index >= 15 is 0 Å². The van der Waals surface area contributed by atoms with Crippen LogP contribution in [-0.4, -0.2) is 72.2 Å². The normalized spacial score (nSPS) is 21.5.